The van der Waals surface area contributed by atoms with Crippen LogP contribution in [0.5, 0.6) is 0 Å². The van der Waals surface area contributed by atoms with Crippen LogP contribution in [0.3, 0.4) is 0 Å². The van der Waals surface area contributed by atoms with Crippen molar-refractivity contribution in [3.63, 3.8) is 0 Å². The second-order valence-corrected chi connectivity index (χ2v) is 6.14. The summed E-state index contributed by atoms with van der Waals surface area (Å²) in [5, 5.41) is 9.09. The van der Waals surface area contributed by atoms with Gasteiger partial charge in [0.1, 0.15) is 0 Å². The predicted octanol–water partition coefficient (Wildman–Crippen LogP) is 0.734. The van der Waals surface area contributed by atoms with Gasteiger partial charge in [-0.05, 0) is 34.9 Å². The molecule has 1 aromatic heterocycles. The molecule has 0 aliphatic heterocycles. The number of hydrogen-bond acceptors (Lipinski definition) is 4. The van der Waals surface area contributed by atoms with Crippen molar-refractivity contribution in [2.24, 2.45) is 5.14 Å². The molecule has 0 aliphatic carbocycles. The van der Waals surface area contributed by atoms with E-state index in [2.05, 4.69) is 5.10 Å². The van der Waals surface area contributed by atoms with E-state index in [9.17, 15) is 8.42 Å². The minimum Gasteiger partial charge on any atom is -0.301 e. The van der Waals surface area contributed by atoms with Crippen LogP contribution in [0.25, 0.3) is 0 Å². The van der Waals surface area contributed by atoms with E-state index in [1.807, 2.05) is 39.8 Å². The second-order valence-electron chi connectivity index (χ2n) is 4.63. The fraction of sp³-hybridized carbons (Fsp3) is 0.700. The van der Waals surface area contributed by atoms with E-state index >= 15 is 0 Å². The third-order valence-corrected chi connectivity index (χ3v) is 3.51. The summed E-state index contributed by atoms with van der Waals surface area (Å²) >= 11 is 0. The van der Waals surface area contributed by atoms with E-state index in [0.717, 1.165) is 5.69 Å². The number of primary sulfonamides is 1. The maximum Gasteiger partial charge on any atom is 0.257 e. The zero-order valence-electron chi connectivity index (χ0n) is 10.9. The fourth-order valence-corrected chi connectivity index (χ4v) is 2.00. The first-order valence-corrected chi connectivity index (χ1v) is 6.98. The lowest BCUT2D eigenvalue weighted by Gasteiger charge is -2.22. The first-order chi connectivity index (χ1) is 7.64. The Kier molecular flexibility index (Phi) is 3.95. The highest BCUT2D eigenvalue weighted by Crippen LogP contribution is 2.23. The lowest BCUT2D eigenvalue weighted by atomic mass is 10.2. The summed E-state index contributed by atoms with van der Waals surface area (Å²) in [7, 11) is 0.111. The molecular weight excluding hydrogens is 240 g/mol. The molecule has 0 saturated carbocycles. The van der Waals surface area contributed by atoms with E-state index in [0.29, 0.717) is 0 Å². The molecule has 0 bridgehead atoms. The third kappa shape index (κ3) is 3.05. The van der Waals surface area contributed by atoms with Crippen molar-refractivity contribution < 1.29 is 8.42 Å². The average Bonchev–Trinajstić information content (AvgIpc) is 2.59. The Balaban J connectivity index is 3.34. The number of nitrogens with two attached hydrogens (primary N) is 1. The Labute approximate surface area is 102 Å². The smallest absolute Gasteiger partial charge is 0.257 e. The van der Waals surface area contributed by atoms with Crippen molar-refractivity contribution in [3.8, 4) is 0 Å². The molecule has 1 heterocycles. The fourth-order valence-electron chi connectivity index (χ4n) is 1.51. The van der Waals surface area contributed by atoms with Crippen LogP contribution < -0.4 is 5.14 Å². The molecule has 0 aromatic carbocycles. The largest absolute Gasteiger partial charge is 0.301 e. The van der Waals surface area contributed by atoms with Gasteiger partial charge in [0.25, 0.3) is 10.0 Å². The van der Waals surface area contributed by atoms with Gasteiger partial charge in [-0.1, -0.05) is 0 Å². The van der Waals surface area contributed by atoms with Crippen molar-refractivity contribution in [2.75, 3.05) is 14.1 Å². The molecule has 0 fully saturated rings. The van der Waals surface area contributed by atoms with Crippen LogP contribution in [0.2, 0.25) is 0 Å². The van der Waals surface area contributed by atoms with E-state index in [1.54, 1.807) is 10.7 Å². The monoisotopic (exact) mass is 260 g/mol. The van der Waals surface area contributed by atoms with Crippen LogP contribution in [-0.4, -0.2) is 37.2 Å². The number of hydrogen-bond donors (Lipinski definition) is 1. The Morgan fingerprint density at radius 1 is 1.35 bits per heavy atom. The van der Waals surface area contributed by atoms with Gasteiger partial charge >= 0.3 is 0 Å². The van der Waals surface area contributed by atoms with Gasteiger partial charge in [-0.3, -0.25) is 4.68 Å². The predicted molar refractivity (Wildman–Crippen MR) is 66.1 cm³/mol. The summed E-state index contributed by atoms with van der Waals surface area (Å²) in [4.78, 5) is 1.99. The number of rotatable bonds is 4. The maximum atomic E-state index is 11.3. The molecule has 17 heavy (non-hydrogen) atoms. The highest BCUT2D eigenvalue weighted by atomic mass is 32.2. The maximum absolute atomic E-state index is 11.3. The zero-order chi connectivity index (χ0) is 13.4. The molecule has 7 heteroatoms. The first-order valence-electron chi connectivity index (χ1n) is 5.43. The van der Waals surface area contributed by atoms with Crippen molar-refractivity contribution in [2.45, 2.75) is 37.9 Å². The minimum atomic E-state index is -3.75. The lowest BCUT2D eigenvalue weighted by molar-refractivity contribution is 0.298. The number of sulfonamides is 1. The van der Waals surface area contributed by atoms with Crippen LogP contribution in [0, 0.1) is 0 Å². The van der Waals surface area contributed by atoms with Gasteiger partial charge in [-0.15, -0.1) is 0 Å². The molecule has 1 aromatic rings. The van der Waals surface area contributed by atoms with Gasteiger partial charge in [0.2, 0.25) is 0 Å². The summed E-state index contributed by atoms with van der Waals surface area (Å²) in [6.07, 6.45) is 0. The molecule has 1 rings (SSSR count). The van der Waals surface area contributed by atoms with Crippen molar-refractivity contribution >= 4 is 10.0 Å². The summed E-state index contributed by atoms with van der Waals surface area (Å²) in [6, 6.07) is 1.70. The SMILES string of the molecule is CC(c1cc(S(N)(=O)=O)nn1C(C)C)N(C)C. The Bertz CT molecular complexity index is 490. The van der Waals surface area contributed by atoms with Crippen molar-refractivity contribution in [3.05, 3.63) is 11.8 Å². The van der Waals surface area contributed by atoms with E-state index in [4.69, 9.17) is 5.14 Å². The quantitative estimate of drug-likeness (QED) is 0.865. The van der Waals surface area contributed by atoms with Crippen LogP contribution in [0.15, 0.2) is 11.1 Å². The van der Waals surface area contributed by atoms with Crippen molar-refractivity contribution in [1.82, 2.24) is 14.7 Å². The summed E-state index contributed by atoms with van der Waals surface area (Å²) < 4.78 is 24.3. The Hall–Kier alpha value is -0.920. The zero-order valence-corrected chi connectivity index (χ0v) is 11.7. The average molecular weight is 260 g/mol. The van der Waals surface area contributed by atoms with Crippen LogP contribution in [-0.2, 0) is 10.0 Å². The lowest BCUT2D eigenvalue weighted by Crippen LogP contribution is -2.21. The molecule has 0 saturated heterocycles. The summed E-state index contributed by atoms with van der Waals surface area (Å²) in [5.41, 5.74) is 0.842. The third-order valence-electron chi connectivity index (χ3n) is 2.73. The molecule has 0 radical (unpaired) electrons. The highest BCUT2D eigenvalue weighted by Gasteiger charge is 2.22. The highest BCUT2D eigenvalue weighted by molar-refractivity contribution is 7.89. The van der Waals surface area contributed by atoms with E-state index < -0.39 is 10.0 Å². The van der Waals surface area contributed by atoms with Gasteiger partial charge in [0, 0.05) is 18.2 Å². The normalized spacial score (nSPS) is 14.6. The van der Waals surface area contributed by atoms with Gasteiger partial charge < -0.3 is 4.90 Å². The minimum absolute atomic E-state index is 0.0698. The molecule has 0 aliphatic rings. The van der Waals surface area contributed by atoms with Crippen LogP contribution >= 0.6 is 0 Å². The van der Waals surface area contributed by atoms with Crippen LogP contribution in [0.1, 0.15) is 38.5 Å². The van der Waals surface area contributed by atoms with Gasteiger partial charge in [-0.2, -0.15) is 5.10 Å². The van der Waals surface area contributed by atoms with Gasteiger partial charge in [0.15, 0.2) is 5.03 Å². The van der Waals surface area contributed by atoms with Crippen LogP contribution in [0.4, 0.5) is 0 Å². The molecule has 98 valence electrons. The Morgan fingerprint density at radius 2 is 1.88 bits per heavy atom. The van der Waals surface area contributed by atoms with Gasteiger partial charge in [-0.25, -0.2) is 13.6 Å². The van der Waals surface area contributed by atoms with Crippen molar-refractivity contribution in [1.29, 1.82) is 0 Å². The molecular formula is C10H20N4O2S. The molecule has 2 N–H and O–H groups in total. The second kappa shape index (κ2) is 4.75. The standard InChI is InChI=1S/C10H20N4O2S/c1-7(2)14-9(8(3)13(4)5)6-10(12-14)17(11,15)16/h6-8H,1-5H3,(H2,11,15,16). The van der Waals surface area contributed by atoms with E-state index in [1.165, 1.54) is 0 Å². The Morgan fingerprint density at radius 3 is 2.24 bits per heavy atom. The summed E-state index contributed by atoms with van der Waals surface area (Å²) in [6.45, 7) is 5.89. The topological polar surface area (TPSA) is 81.2 Å². The van der Waals surface area contributed by atoms with Gasteiger partial charge in [0.05, 0.1) is 5.69 Å². The molecule has 0 amide bonds. The molecule has 1 atom stereocenters. The molecule has 6 nitrogen and oxygen atoms in total. The molecule has 0 spiro atoms. The molecule has 1 unspecified atom stereocenters. The number of nitrogens with zero attached hydrogens (tertiary/aromatic N) is 3. The summed E-state index contributed by atoms with van der Waals surface area (Å²) in [5.74, 6) is 0. The first kappa shape index (κ1) is 14.1. The van der Waals surface area contributed by atoms with E-state index in [-0.39, 0.29) is 17.1 Å². The number of aromatic nitrogens is 2.